The van der Waals surface area contributed by atoms with Crippen molar-refractivity contribution in [3.63, 3.8) is 0 Å². The molecule has 0 saturated heterocycles. The molecule has 31 heavy (non-hydrogen) atoms. The van der Waals surface area contributed by atoms with Gasteiger partial charge in [0.15, 0.2) is 0 Å². The van der Waals surface area contributed by atoms with E-state index < -0.39 is 0 Å². The Balaban J connectivity index is 1.44. The highest BCUT2D eigenvalue weighted by atomic mass is 19.1. The van der Waals surface area contributed by atoms with Crippen molar-refractivity contribution < 1.29 is 8.78 Å². The molecule has 0 amide bonds. The quantitative estimate of drug-likeness (QED) is 0.434. The van der Waals surface area contributed by atoms with Gasteiger partial charge in [0.2, 0.25) is 0 Å². The number of rotatable bonds is 6. The highest BCUT2D eigenvalue weighted by Gasteiger charge is 2.28. The fraction of sp³-hybridized carbons (Fsp3) is 0.536. The monoisotopic (exact) mass is 421 g/mol. The molecule has 2 aliphatic rings. The topological polar surface area (TPSA) is 23.8 Å². The Morgan fingerprint density at radius 1 is 0.903 bits per heavy atom. The van der Waals surface area contributed by atoms with Crippen LogP contribution in [0.25, 0.3) is 0 Å². The van der Waals surface area contributed by atoms with Gasteiger partial charge in [-0.1, -0.05) is 38.7 Å². The van der Waals surface area contributed by atoms with E-state index in [1.165, 1.54) is 38.5 Å². The van der Waals surface area contributed by atoms with Gasteiger partial charge in [0, 0.05) is 5.56 Å². The van der Waals surface area contributed by atoms with Crippen molar-refractivity contribution in [3.05, 3.63) is 69.8 Å². The molecule has 0 N–H and O–H groups in total. The van der Waals surface area contributed by atoms with Gasteiger partial charge in [-0.3, -0.25) is 0 Å². The van der Waals surface area contributed by atoms with E-state index in [9.17, 15) is 0 Å². The average molecular weight is 422 g/mol. The van der Waals surface area contributed by atoms with Crippen LogP contribution in [0.15, 0.2) is 30.3 Å². The van der Waals surface area contributed by atoms with Crippen LogP contribution in [-0.4, -0.2) is 0 Å². The van der Waals surface area contributed by atoms with E-state index in [0.717, 1.165) is 48.3 Å². The second-order valence-electron chi connectivity index (χ2n) is 9.65. The Hall–Kier alpha value is -2.21. The smallest absolute Gasteiger partial charge is 0.129 e. The number of nitrogens with zero attached hydrogens (tertiary/aromatic N) is 1. The number of fused-ring (bicyclic) bond motifs is 1. The maximum atomic E-state index is 15.1. The molecular weight excluding hydrogens is 388 g/mol. The second-order valence-corrected chi connectivity index (χ2v) is 9.65. The predicted octanol–water partition coefficient (Wildman–Crippen LogP) is 7.96. The molecule has 1 fully saturated rings. The summed E-state index contributed by atoms with van der Waals surface area (Å²) in [5.41, 5.74) is 4.01. The fourth-order valence-corrected chi connectivity index (χ4v) is 5.77. The van der Waals surface area contributed by atoms with Crippen molar-refractivity contribution in [2.24, 2.45) is 5.92 Å². The number of benzene rings is 2. The van der Waals surface area contributed by atoms with Gasteiger partial charge in [0.25, 0.3) is 0 Å². The maximum absolute atomic E-state index is 15.1. The third-order valence-corrected chi connectivity index (χ3v) is 7.61. The summed E-state index contributed by atoms with van der Waals surface area (Å²) in [6, 6.07) is 11.1. The van der Waals surface area contributed by atoms with Gasteiger partial charge in [-0.05, 0) is 104 Å². The van der Waals surface area contributed by atoms with Crippen LogP contribution in [0, 0.1) is 28.9 Å². The lowest BCUT2D eigenvalue weighted by molar-refractivity contribution is 0.302. The lowest BCUT2D eigenvalue weighted by Crippen LogP contribution is -2.17. The first-order valence-electron chi connectivity index (χ1n) is 12.1. The minimum Gasteiger partial charge on any atom is -0.207 e. The maximum Gasteiger partial charge on any atom is 0.129 e. The minimum absolute atomic E-state index is 0.135. The summed E-state index contributed by atoms with van der Waals surface area (Å²) in [5.74, 6) is 0.200. The second kappa shape index (κ2) is 9.94. The standard InChI is InChI=1S/C28H33F2N/c1-2-3-4-5-19-6-9-21(10-7-19)25-16-26(29)28(27(30)17-25)24-13-12-22-14-20(18-31)8-11-23(22)15-24/h8,11,14,16-17,19,21,24H,2-7,9-10,12-13,15H2,1H3. The lowest BCUT2D eigenvalue weighted by Gasteiger charge is -2.30. The van der Waals surface area contributed by atoms with E-state index in [0.29, 0.717) is 12.0 Å². The molecule has 0 aromatic heterocycles. The van der Waals surface area contributed by atoms with Gasteiger partial charge in [0.05, 0.1) is 11.6 Å². The first kappa shape index (κ1) is 22.0. The van der Waals surface area contributed by atoms with Gasteiger partial charge in [-0.15, -0.1) is 0 Å². The summed E-state index contributed by atoms with van der Waals surface area (Å²) < 4.78 is 30.3. The zero-order chi connectivity index (χ0) is 21.8. The van der Waals surface area contributed by atoms with Crippen LogP contribution in [0.3, 0.4) is 0 Å². The Labute approximate surface area is 185 Å². The van der Waals surface area contributed by atoms with Crippen molar-refractivity contribution >= 4 is 0 Å². The molecule has 0 aliphatic heterocycles. The highest BCUT2D eigenvalue weighted by Crippen LogP contribution is 2.41. The first-order chi connectivity index (χ1) is 15.1. The molecule has 4 rings (SSSR count). The zero-order valence-electron chi connectivity index (χ0n) is 18.6. The summed E-state index contributed by atoms with van der Waals surface area (Å²) in [7, 11) is 0. The Morgan fingerprint density at radius 3 is 2.32 bits per heavy atom. The molecule has 1 saturated carbocycles. The molecule has 0 radical (unpaired) electrons. The molecule has 0 spiro atoms. The van der Waals surface area contributed by atoms with E-state index in [1.807, 2.05) is 12.1 Å². The number of aryl methyl sites for hydroxylation is 1. The van der Waals surface area contributed by atoms with E-state index in [4.69, 9.17) is 5.26 Å². The van der Waals surface area contributed by atoms with Crippen LogP contribution < -0.4 is 0 Å². The van der Waals surface area contributed by atoms with Crippen molar-refractivity contribution in [3.8, 4) is 6.07 Å². The minimum atomic E-state index is -0.373. The van der Waals surface area contributed by atoms with Crippen molar-refractivity contribution in [2.45, 2.75) is 89.4 Å². The number of hydrogen-bond donors (Lipinski definition) is 0. The SMILES string of the molecule is CCCCCC1CCC(c2cc(F)c(C3CCc4cc(C#N)ccc4C3)c(F)c2)CC1. The molecule has 3 heteroatoms. The van der Waals surface area contributed by atoms with E-state index in [1.54, 1.807) is 18.2 Å². The van der Waals surface area contributed by atoms with Gasteiger partial charge in [0.1, 0.15) is 11.6 Å². The largest absolute Gasteiger partial charge is 0.207 e. The van der Waals surface area contributed by atoms with Crippen molar-refractivity contribution in [1.82, 2.24) is 0 Å². The summed E-state index contributed by atoms with van der Waals surface area (Å²) in [6.07, 6.45) is 11.8. The number of halogens is 2. The molecule has 0 heterocycles. The predicted molar refractivity (Wildman–Crippen MR) is 121 cm³/mol. The summed E-state index contributed by atoms with van der Waals surface area (Å²) in [5, 5.41) is 9.09. The van der Waals surface area contributed by atoms with Gasteiger partial charge in [-0.2, -0.15) is 5.26 Å². The molecule has 2 aromatic carbocycles. The van der Waals surface area contributed by atoms with Crippen LogP contribution in [-0.2, 0) is 12.8 Å². The van der Waals surface area contributed by atoms with E-state index >= 15 is 8.78 Å². The molecule has 1 nitrogen and oxygen atoms in total. The summed E-state index contributed by atoms with van der Waals surface area (Å²) in [4.78, 5) is 0. The Morgan fingerprint density at radius 2 is 1.65 bits per heavy atom. The van der Waals surface area contributed by atoms with E-state index in [2.05, 4.69) is 13.0 Å². The van der Waals surface area contributed by atoms with Crippen LogP contribution in [0.1, 0.15) is 104 Å². The van der Waals surface area contributed by atoms with Crippen molar-refractivity contribution in [2.75, 3.05) is 0 Å². The van der Waals surface area contributed by atoms with Crippen LogP contribution in [0.4, 0.5) is 8.78 Å². The van der Waals surface area contributed by atoms with Crippen molar-refractivity contribution in [1.29, 1.82) is 5.26 Å². The fourth-order valence-electron chi connectivity index (χ4n) is 5.77. The highest BCUT2D eigenvalue weighted by molar-refractivity contribution is 5.42. The molecule has 0 bridgehead atoms. The molecule has 1 atom stereocenters. The molecule has 2 aliphatic carbocycles. The third-order valence-electron chi connectivity index (χ3n) is 7.61. The number of nitriles is 1. The summed E-state index contributed by atoms with van der Waals surface area (Å²) in [6.45, 7) is 2.24. The van der Waals surface area contributed by atoms with Crippen LogP contribution in [0.5, 0.6) is 0 Å². The molecule has 164 valence electrons. The van der Waals surface area contributed by atoms with Gasteiger partial charge in [-0.25, -0.2) is 8.78 Å². The first-order valence-corrected chi connectivity index (χ1v) is 12.1. The molecule has 1 unspecified atom stereocenters. The molecule has 2 aromatic rings. The number of unbranched alkanes of at least 4 members (excludes halogenated alkanes) is 2. The van der Waals surface area contributed by atoms with Crippen LogP contribution in [0.2, 0.25) is 0 Å². The third kappa shape index (κ3) is 5.00. The zero-order valence-corrected chi connectivity index (χ0v) is 18.6. The molecular formula is C28H33F2N. The normalized spacial score (nSPS) is 23.2. The Kier molecular flexibility index (Phi) is 7.06. The lowest BCUT2D eigenvalue weighted by atomic mass is 9.75. The van der Waals surface area contributed by atoms with Gasteiger partial charge < -0.3 is 0 Å². The van der Waals surface area contributed by atoms with Crippen LogP contribution >= 0.6 is 0 Å². The average Bonchev–Trinajstić information content (AvgIpc) is 2.79. The summed E-state index contributed by atoms with van der Waals surface area (Å²) >= 11 is 0. The number of hydrogen-bond acceptors (Lipinski definition) is 1. The van der Waals surface area contributed by atoms with Gasteiger partial charge >= 0.3 is 0 Å². The van der Waals surface area contributed by atoms with E-state index in [-0.39, 0.29) is 29.0 Å². The Bertz CT molecular complexity index is 927.